The number of nitrogens with zero attached hydrogens (tertiary/aromatic N) is 1. The number of esters is 3. The molecule has 2 rings (SSSR count). The van der Waals surface area contributed by atoms with Gasteiger partial charge in [0.25, 0.3) is 0 Å². The van der Waals surface area contributed by atoms with Crippen LogP contribution in [-0.4, -0.2) is 60.9 Å². The van der Waals surface area contributed by atoms with Crippen LogP contribution in [0.15, 0.2) is 60.7 Å². The van der Waals surface area contributed by atoms with Crippen LogP contribution < -0.4 is 10.5 Å². The topological polar surface area (TPSA) is 149 Å². The maximum atomic E-state index is 12.8. The second-order valence-electron chi connectivity index (χ2n) is 7.96. The number of hydrogen-bond donors (Lipinski definition) is 2. The number of nitrogens with one attached hydrogen (secondary N) is 1. The fourth-order valence-corrected chi connectivity index (χ4v) is 3.33. The molecule has 1 amide bonds. The number of carbonyl (C=O) groups excluding carboxylic acids is 4. The number of rotatable bonds is 12. The average Bonchev–Trinajstić information content (AvgIpc) is 2.88. The third kappa shape index (κ3) is 8.16. The van der Waals surface area contributed by atoms with Gasteiger partial charge in [-0.05, 0) is 62.7 Å². The predicted octanol–water partition coefficient (Wildman–Crippen LogP) is 3.35. The molecule has 2 aromatic rings. The predicted molar refractivity (Wildman–Crippen MR) is 142 cm³/mol. The van der Waals surface area contributed by atoms with Gasteiger partial charge in [0.2, 0.25) is 5.91 Å². The molecule has 0 aliphatic rings. The second kappa shape index (κ2) is 14.1. The van der Waals surface area contributed by atoms with Crippen LogP contribution in [0.1, 0.15) is 52.6 Å². The van der Waals surface area contributed by atoms with Crippen molar-refractivity contribution in [3.8, 4) is 5.75 Å². The van der Waals surface area contributed by atoms with Crippen molar-refractivity contribution in [3.63, 3.8) is 0 Å². The van der Waals surface area contributed by atoms with Gasteiger partial charge in [-0.3, -0.25) is 15.0 Å². The van der Waals surface area contributed by atoms with Gasteiger partial charge in [0.15, 0.2) is 0 Å². The van der Waals surface area contributed by atoms with E-state index < -0.39 is 17.9 Å². The van der Waals surface area contributed by atoms with E-state index >= 15 is 0 Å². The second-order valence-corrected chi connectivity index (χ2v) is 7.96. The molecule has 10 nitrogen and oxygen atoms in total. The molecule has 0 aliphatic heterocycles. The highest BCUT2D eigenvalue weighted by atomic mass is 16.5. The average molecular weight is 522 g/mol. The lowest BCUT2D eigenvalue weighted by Crippen LogP contribution is -2.37. The molecule has 0 radical (unpaired) electrons. The molecule has 0 aliphatic carbocycles. The summed E-state index contributed by atoms with van der Waals surface area (Å²) < 4.78 is 15.4. The summed E-state index contributed by atoms with van der Waals surface area (Å²) in [6.07, 6.45) is 3.14. The summed E-state index contributed by atoms with van der Waals surface area (Å²) in [4.78, 5) is 51.1. The van der Waals surface area contributed by atoms with Crippen molar-refractivity contribution in [2.75, 3.05) is 26.3 Å². The molecule has 0 heterocycles. The Morgan fingerprint density at radius 1 is 0.974 bits per heavy atom. The SMILES string of the molecule is C=CCN(CC(=O)OCC)C(=O)C(C)=Cc1ccc(C(=O)Oc2ccc(C(=N)N)cc2C(=O)OCC)cc1. The van der Waals surface area contributed by atoms with Crippen molar-refractivity contribution in [2.24, 2.45) is 5.73 Å². The minimum atomic E-state index is -0.721. The Morgan fingerprint density at radius 3 is 2.18 bits per heavy atom. The first-order chi connectivity index (χ1) is 18.1. The number of benzene rings is 2. The lowest BCUT2D eigenvalue weighted by atomic mass is 10.1. The van der Waals surface area contributed by atoms with Crippen LogP contribution in [0.5, 0.6) is 5.75 Å². The fraction of sp³-hybridized carbons (Fsp3) is 0.250. The van der Waals surface area contributed by atoms with Gasteiger partial charge in [0.05, 0.1) is 18.8 Å². The Bertz CT molecular complexity index is 1250. The molecule has 0 unspecified atom stereocenters. The van der Waals surface area contributed by atoms with Crippen molar-refractivity contribution in [2.45, 2.75) is 20.8 Å². The number of nitrogen functional groups attached to an aromatic ring is 1. The zero-order chi connectivity index (χ0) is 28.2. The zero-order valence-electron chi connectivity index (χ0n) is 21.6. The molecule has 10 heteroatoms. The Labute approximate surface area is 221 Å². The van der Waals surface area contributed by atoms with E-state index in [2.05, 4.69) is 6.58 Å². The highest BCUT2D eigenvalue weighted by Gasteiger charge is 2.20. The van der Waals surface area contributed by atoms with Gasteiger partial charge in [-0.15, -0.1) is 6.58 Å². The summed E-state index contributed by atoms with van der Waals surface area (Å²) in [5.41, 5.74) is 6.96. The van der Waals surface area contributed by atoms with E-state index in [1.54, 1.807) is 39.0 Å². The van der Waals surface area contributed by atoms with E-state index in [1.165, 1.54) is 41.3 Å². The van der Waals surface area contributed by atoms with Crippen molar-refractivity contribution in [3.05, 3.63) is 82.9 Å². The van der Waals surface area contributed by atoms with Crippen LogP contribution in [0.2, 0.25) is 0 Å². The van der Waals surface area contributed by atoms with Crippen LogP contribution >= 0.6 is 0 Å². The molecule has 0 aromatic heterocycles. The highest BCUT2D eigenvalue weighted by molar-refractivity contribution is 6.01. The first kappa shape index (κ1) is 29.5. The van der Waals surface area contributed by atoms with E-state index in [1.807, 2.05) is 0 Å². The van der Waals surface area contributed by atoms with E-state index in [9.17, 15) is 19.2 Å². The largest absolute Gasteiger partial charge is 0.465 e. The zero-order valence-corrected chi connectivity index (χ0v) is 21.6. The summed E-state index contributed by atoms with van der Waals surface area (Å²) in [6.45, 7) is 8.87. The third-order valence-corrected chi connectivity index (χ3v) is 5.12. The number of amidine groups is 1. The number of nitrogens with two attached hydrogens (primary N) is 1. The monoisotopic (exact) mass is 521 g/mol. The fourth-order valence-electron chi connectivity index (χ4n) is 3.33. The molecular formula is C28H31N3O7. The Kier molecular flexibility index (Phi) is 11.0. The third-order valence-electron chi connectivity index (χ3n) is 5.12. The molecule has 2 aromatic carbocycles. The van der Waals surface area contributed by atoms with Gasteiger partial charge in [0.1, 0.15) is 23.7 Å². The minimum absolute atomic E-state index is 0.0338. The van der Waals surface area contributed by atoms with Gasteiger partial charge in [-0.1, -0.05) is 18.2 Å². The van der Waals surface area contributed by atoms with E-state index in [0.29, 0.717) is 11.1 Å². The summed E-state index contributed by atoms with van der Waals surface area (Å²) in [7, 11) is 0. The van der Waals surface area contributed by atoms with Crippen molar-refractivity contribution >= 4 is 35.7 Å². The first-order valence-corrected chi connectivity index (χ1v) is 11.8. The number of amides is 1. The standard InChI is InChI=1S/C28H31N3O7/c1-5-14-31(17-24(32)36-6-2)26(33)18(4)15-19-8-10-20(11-9-19)27(34)38-23-13-12-21(25(29)30)16-22(23)28(35)37-7-3/h5,8-13,15-16H,1,6-7,14,17H2,2-4H3,(H3,29,30). The lowest BCUT2D eigenvalue weighted by molar-refractivity contribution is -0.147. The van der Waals surface area contributed by atoms with E-state index in [0.717, 1.165) is 0 Å². The molecule has 0 bridgehead atoms. The Morgan fingerprint density at radius 2 is 1.61 bits per heavy atom. The maximum Gasteiger partial charge on any atom is 0.343 e. The van der Waals surface area contributed by atoms with Crippen molar-refractivity contribution in [1.82, 2.24) is 4.90 Å². The molecule has 0 fully saturated rings. The van der Waals surface area contributed by atoms with Gasteiger partial charge in [-0.25, -0.2) is 9.59 Å². The molecule has 0 spiro atoms. The Hall–Kier alpha value is -4.73. The van der Waals surface area contributed by atoms with Crippen LogP contribution in [0.25, 0.3) is 6.08 Å². The Balaban J connectivity index is 2.20. The first-order valence-electron chi connectivity index (χ1n) is 11.8. The van der Waals surface area contributed by atoms with Crippen molar-refractivity contribution in [1.29, 1.82) is 5.41 Å². The molecular weight excluding hydrogens is 490 g/mol. The van der Waals surface area contributed by atoms with E-state index in [4.69, 9.17) is 25.4 Å². The summed E-state index contributed by atoms with van der Waals surface area (Å²) in [5, 5.41) is 7.57. The minimum Gasteiger partial charge on any atom is -0.465 e. The van der Waals surface area contributed by atoms with Crippen LogP contribution in [0.4, 0.5) is 0 Å². The maximum absolute atomic E-state index is 12.8. The van der Waals surface area contributed by atoms with Crippen LogP contribution in [0.3, 0.4) is 0 Å². The van der Waals surface area contributed by atoms with Gasteiger partial charge >= 0.3 is 17.9 Å². The van der Waals surface area contributed by atoms with Gasteiger partial charge in [-0.2, -0.15) is 0 Å². The van der Waals surface area contributed by atoms with Crippen LogP contribution in [0, 0.1) is 5.41 Å². The summed E-state index contributed by atoms with van der Waals surface area (Å²) >= 11 is 0. The molecule has 38 heavy (non-hydrogen) atoms. The quantitative estimate of drug-likeness (QED) is 0.108. The molecule has 0 saturated carbocycles. The molecule has 3 N–H and O–H groups in total. The normalized spacial score (nSPS) is 10.8. The summed E-state index contributed by atoms with van der Waals surface area (Å²) in [5.74, 6) is -2.59. The van der Waals surface area contributed by atoms with E-state index in [-0.39, 0.29) is 60.5 Å². The smallest absolute Gasteiger partial charge is 0.343 e. The number of carbonyl (C=O) groups is 4. The molecule has 0 saturated heterocycles. The van der Waals surface area contributed by atoms with Gasteiger partial charge < -0.3 is 24.8 Å². The van der Waals surface area contributed by atoms with Crippen LogP contribution in [-0.2, 0) is 19.1 Å². The highest BCUT2D eigenvalue weighted by Crippen LogP contribution is 2.23. The molecule has 200 valence electrons. The molecule has 0 atom stereocenters. The lowest BCUT2D eigenvalue weighted by Gasteiger charge is -2.20. The number of hydrogen-bond acceptors (Lipinski definition) is 8. The summed E-state index contributed by atoms with van der Waals surface area (Å²) in [6, 6.07) is 10.4. The van der Waals surface area contributed by atoms with Gasteiger partial charge in [0, 0.05) is 17.7 Å². The number of ether oxygens (including phenoxy) is 3. The van der Waals surface area contributed by atoms with Crippen molar-refractivity contribution < 1.29 is 33.4 Å².